The maximum atomic E-state index is 14.4. The molecule has 0 aliphatic heterocycles. The molecule has 0 aromatic rings. The van der Waals surface area contributed by atoms with Crippen LogP contribution in [0, 0.1) is 0 Å². The number of esters is 1. The first-order chi connectivity index (χ1) is 8.54. The first-order valence-corrected chi connectivity index (χ1v) is 6.64. The molecule has 0 saturated heterocycles. The molecule has 18 heavy (non-hydrogen) atoms. The summed E-state index contributed by atoms with van der Waals surface area (Å²) in [5.74, 6) is -2.35. The molecule has 0 spiro atoms. The van der Waals surface area contributed by atoms with Crippen molar-refractivity contribution in [2.45, 2.75) is 64.1 Å². The normalized spacial score (nSPS) is 11.0. The van der Waals surface area contributed by atoms with Crippen molar-refractivity contribution in [2.24, 2.45) is 0 Å². The predicted octanol–water partition coefficient (Wildman–Crippen LogP) is 4.71. The molecule has 0 aromatic carbocycles. The van der Waals surface area contributed by atoms with Gasteiger partial charge in [0.05, 0.1) is 0 Å². The molecule has 3 heteroatoms. The number of hydrogen-bond acceptors (Lipinski definition) is 2. The van der Waals surface area contributed by atoms with E-state index in [0.717, 1.165) is 25.7 Å². The summed E-state index contributed by atoms with van der Waals surface area (Å²) in [4.78, 5) is 10.9. The van der Waals surface area contributed by atoms with Crippen molar-refractivity contribution in [3.05, 3.63) is 25.3 Å². The second-order valence-electron chi connectivity index (χ2n) is 4.55. The fraction of sp³-hybridized carbons (Fsp3) is 0.667. The molecule has 0 saturated carbocycles. The van der Waals surface area contributed by atoms with Gasteiger partial charge >= 0.3 is 5.97 Å². The molecular weight excluding hydrogens is 231 g/mol. The van der Waals surface area contributed by atoms with E-state index in [2.05, 4.69) is 13.2 Å². The van der Waals surface area contributed by atoms with Crippen LogP contribution in [-0.2, 0) is 9.53 Å². The number of ether oxygens (including phenoxy) is 1. The van der Waals surface area contributed by atoms with Gasteiger partial charge in [-0.25, -0.2) is 0 Å². The Balaban J connectivity index is 4.10. The quantitative estimate of drug-likeness (QED) is 0.304. The standard InChI is InChI=1S/C15H25FO2/c1-4-6-8-10-12-15(16,18-14(3)17)13-11-9-7-5-2/h4-5H,1-2,6-13H2,3H3. The van der Waals surface area contributed by atoms with Crippen LogP contribution in [0.2, 0.25) is 0 Å². The van der Waals surface area contributed by atoms with Gasteiger partial charge in [-0.1, -0.05) is 12.2 Å². The summed E-state index contributed by atoms with van der Waals surface area (Å²) < 4.78 is 19.2. The van der Waals surface area contributed by atoms with Crippen molar-refractivity contribution in [1.82, 2.24) is 0 Å². The highest BCUT2D eigenvalue weighted by atomic mass is 19.2. The molecule has 0 aromatic heterocycles. The third-order valence-electron chi connectivity index (χ3n) is 2.74. The SMILES string of the molecule is C=CCCCCC(F)(CCCCC=C)OC(C)=O. The zero-order valence-corrected chi connectivity index (χ0v) is 11.4. The summed E-state index contributed by atoms with van der Waals surface area (Å²) in [6, 6.07) is 0. The minimum atomic E-state index is -1.80. The van der Waals surface area contributed by atoms with Gasteiger partial charge in [-0.3, -0.25) is 4.79 Å². The van der Waals surface area contributed by atoms with Crippen molar-refractivity contribution in [1.29, 1.82) is 0 Å². The molecule has 0 radical (unpaired) electrons. The lowest BCUT2D eigenvalue weighted by atomic mass is 10.0. The van der Waals surface area contributed by atoms with Crippen molar-refractivity contribution < 1.29 is 13.9 Å². The maximum Gasteiger partial charge on any atom is 0.305 e. The Bertz CT molecular complexity index is 245. The lowest BCUT2D eigenvalue weighted by Crippen LogP contribution is -2.29. The summed E-state index contributed by atoms with van der Waals surface area (Å²) in [5.41, 5.74) is 0. The van der Waals surface area contributed by atoms with E-state index >= 15 is 0 Å². The Hall–Kier alpha value is -1.12. The molecular formula is C15H25FO2. The summed E-state index contributed by atoms with van der Waals surface area (Å²) >= 11 is 0. The zero-order chi connectivity index (χ0) is 13.9. The first-order valence-electron chi connectivity index (χ1n) is 6.64. The third kappa shape index (κ3) is 8.97. The van der Waals surface area contributed by atoms with E-state index < -0.39 is 11.8 Å². The number of halogens is 1. The van der Waals surface area contributed by atoms with Gasteiger partial charge in [0.15, 0.2) is 0 Å². The van der Waals surface area contributed by atoms with Gasteiger partial charge in [-0.2, -0.15) is 4.39 Å². The molecule has 0 amide bonds. The lowest BCUT2D eigenvalue weighted by molar-refractivity contribution is -0.184. The van der Waals surface area contributed by atoms with Crippen LogP contribution in [0.3, 0.4) is 0 Å². The van der Waals surface area contributed by atoms with Crippen LogP contribution in [0.15, 0.2) is 25.3 Å². The second-order valence-corrected chi connectivity index (χ2v) is 4.55. The number of hydrogen-bond donors (Lipinski definition) is 0. The molecule has 0 rings (SSSR count). The monoisotopic (exact) mass is 256 g/mol. The van der Waals surface area contributed by atoms with Crippen molar-refractivity contribution in [2.75, 3.05) is 0 Å². The molecule has 0 fully saturated rings. The number of rotatable bonds is 11. The van der Waals surface area contributed by atoms with Crippen LogP contribution in [0.5, 0.6) is 0 Å². The van der Waals surface area contributed by atoms with E-state index in [1.54, 1.807) is 0 Å². The van der Waals surface area contributed by atoms with Gasteiger partial charge in [0, 0.05) is 19.8 Å². The van der Waals surface area contributed by atoms with E-state index in [4.69, 9.17) is 4.74 Å². The number of allylic oxidation sites excluding steroid dienone is 2. The largest absolute Gasteiger partial charge is 0.429 e. The maximum absolute atomic E-state index is 14.4. The van der Waals surface area contributed by atoms with E-state index in [0.29, 0.717) is 12.8 Å². The van der Waals surface area contributed by atoms with Crippen LogP contribution >= 0.6 is 0 Å². The molecule has 0 aliphatic carbocycles. The van der Waals surface area contributed by atoms with Gasteiger partial charge in [0.1, 0.15) is 0 Å². The molecule has 0 unspecified atom stereocenters. The zero-order valence-electron chi connectivity index (χ0n) is 11.4. The van der Waals surface area contributed by atoms with Crippen LogP contribution in [-0.4, -0.2) is 11.8 Å². The fourth-order valence-electron chi connectivity index (χ4n) is 1.84. The highest BCUT2D eigenvalue weighted by Crippen LogP contribution is 2.28. The summed E-state index contributed by atoms with van der Waals surface area (Å²) in [6.45, 7) is 8.50. The van der Waals surface area contributed by atoms with Gasteiger partial charge < -0.3 is 4.74 Å². The Kier molecular flexibility index (Phi) is 9.25. The van der Waals surface area contributed by atoms with E-state index in [1.807, 2.05) is 12.2 Å². The molecule has 0 atom stereocenters. The van der Waals surface area contributed by atoms with E-state index in [9.17, 15) is 9.18 Å². The average molecular weight is 256 g/mol. The lowest BCUT2D eigenvalue weighted by Gasteiger charge is -2.24. The van der Waals surface area contributed by atoms with Crippen LogP contribution in [0.4, 0.5) is 4.39 Å². The Labute approximate surface area is 110 Å². The summed E-state index contributed by atoms with van der Waals surface area (Å²) in [6.07, 6.45) is 9.08. The number of unbranched alkanes of at least 4 members (excludes halogenated alkanes) is 4. The second kappa shape index (κ2) is 9.86. The van der Waals surface area contributed by atoms with E-state index in [1.165, 1.54) is 6.92 Å². The van der Waals surface area contributed by atoms with Gasteiger partial charge in [0.25, 0.3) is 5.85 Å². The summed E-state index contributed by atoms with van der Waals surface area (Å²) in [5, 5.41) is 0. The van der Waals surface area contributed by atoms with Crippen molar-refractivity contribution in [3.8, 4) is 0 Å². The van der Waals surface area contributed by atoms with Crippen LogP contribution in [0.1, 0.15) is 58.3 Å². The molecule has 0 heterocycles. The molecule has 0 N–H and O–H groups in total. The molecule has 2 nitrogen and oxygen atoms in total. The predicted molar refractivity (Wildman–Crippen MR) is 72.9 cm³/mol. The van der Waals surface area contributed by atoms with Crippen LogP contribution in [0.25, 0.3) is 0 Å². The molecule has 104 valence electrons. The van der Waals surface area contributed by atoms with Crippen LogP contribution < -0.4 is 0 Å². The average Bonchev–Trinajstić information content (AvgIpc) is 2.30. The Morgan fingerprint density at radius 2 is 1.56 bits per heavy atom. The number of carbonyl (C=O) groups is 1. The smallest absolute Gasteiger partial charge is 0.305 e. The van der Waals surface area contributed by atoms with Gasteiger partial charge in [0.2, 0.25) is 0 Å². The Morgan fingerprint density at radius 3 is 1.89 bits per heavy atom. The van der Waals surface area contributed by atoms with Gasteiger partial charge in [-0.05, 0) is 38.5 Å². The first kappa shape index (κ1) is 16.9. The van der Waals surface area contributed by atoms with Gasteiger partial charge in [-0.15, -0.1) is 13.2 Å². The molecule has 0 aliphatic rings. The summed E-state index contributed by atoms with van der Waals surface area (Å²) in [7, 11) is 0. The fourth-order valence-corrected chi connectivity index (χ4v) is 1.84. The Morgan fingerprint density at radius 1 is 1.11 bits per heavy atom. The molecule has 0 bridgehead atoms. The highest BCUT2D eigenvalue weighted by Gasteiger charge is 2.31. The van der Waals surface area contributed by atoms with Crippen molar-refractivity contribution in [3.63, 3.8) is 0 Å². The van der Waals surface area contributed by atoms with E-state index in [-0.39, 0.29) is 12.8 Å². The number of carbonyl (C=O) groups excluding carboxylic acids is 1. The minimum Gasteiger partial charge on any atom is -0.429 e. The highest BCUT2D eigenvalue weighted by molar-refractivity contribution is 5.66. The third-order valence-corrected chi connectivity index (χ3v) is 2.74. The minimum absolute atomic E-state index is 0.272. The number of alkyl halides is 1. The topological polar surface area (TPSA) is 26.3 Å². The van der Waals surface area contributed by atoms with Crippen molar-refractivity contribution >= 4 is 5.97 Å².